The van der Waals surface area contributed by atoms with Crippen molar-refractivity contribution in [2.75, 3.05) is 39.1 Å². The first kappa shape index (κ1) is 12.7. The molecule has 3 nitrogen and oxygen atoms in total. The van der Waals surface area contributed by atoms with E-state index in [-0.39, 0.29) is 0 Å². The van der Waals surface area contributed by atoms with Crippen LogP contribution in [0.25, 0.3) is 0 Å². The molecule has 0 heterocycles. The van der Waals surface area contributed by atoms with Gasteiger partial charge in [0.15, 0.2) is 0 Å². The molecule has 0 saturated carbocycles. The standard InChI is InChI=1S/C13H20N2O/c1-11-9-12(10-16)5-6-13(11)15(4)8-7-14(2)3/h5-6,9-10H,7-8H2,1-4H3. The van der Waals surface area contributed by atoms with E-state index in [1.807, 2.05) is 25.1 Å². The zero-order valence-corrected chi connectivity index (χ0v) is 10.5. The largest absolute Gasteiger partial charge is 0.373 e. The van der Waals surface area contributed by atoms with E-state index < -0.39 is 0 Å². The van der Waals surface area contributed by atoms with E-state index in [1.165, 1.54) is 5.69 Å². The highest BCUT2D eigenvalue weighted by molar-refractivity contribution is 5.76. The second-order valence-corrected chi connectivity index (χ2v) is 4.39. The van der Waals surface area contributed by atoms with Crippen LogP contribution in [-0.2, 0) is 0 Å². The second-order valence-electron chi connectivity index (χ2n) is 4.39. The van der Waals surface area contributed by atoms with Crippen molar-refractivity contribution in [1.82, 2.24) is 4.90 Å². The van der Waals surface area contributed by atoms with Gasteiger partial charge in [-0.3, -0.25) is 4.79 Å². The Hall–Kier alpha value is -1.35. The van der Waals surface area contributed by atoms with Gasteiger partial charge in [0.25, 0.3) is 0 Å². The van der Waals surface area contributed by atoms with Crippen LogP contribution in [0.2, 0.25) is 0 Å². The minimum atomic E-state index is 0.738. The molecule has 0 radical (unpaired) electrons. The molecular weight excluding hydrogens is 200 g/mol. The second kappa shape index (κ2) is 5.66. The van der Waals surface area contributed by atoms with Gasteiger partial charge >= 0.3 is 0 Å². The molecule has 3 heteroatoms. The Balaban J connectivity index is 2.75. The van der Waals surface area contributed by atoms with Crippen LogP contribution in [0.4, 0.5) is 5.69 Å². The Morgan fingerprint density at radius 2 is 1.88 bits per heavy atom. The third kappa shape index (κ3) is 3.35. The molecule has 0 aliphatic heterocycles. The molecule has 0 atom stereocenters. The van der Waals surface area contributed by atoms with Crippen molar-refractivity contribution < 1.29 is 4.79 Å². The van der Waals surface area contributed by atoms with Gasteiger partial charge in [-0.1, -0.05) is 0 Å². The van der Waals surface area contributed by atoms with Gasteiger partial charge in [0.1, 0.15) is 6.29 Å². The van der Waals surface area contributed by atoms with Crippen LogP contribution in [0.5, 0.6) is 0 Å². The maximum absolute atomic E-state index is 10.6. The summed E-state index contributed by atoms with van der Waals surface area (Å²) in [6, 6.07) is 5.80. The molecule has 0 spiro atoms. The SMILES string of the molecule is Cc1cc(C=O)ccc1N(C)CCN(C)C. The Bertz CT molecular complexity index is 361. The third-order valence-electron chi connectivity index (χ3n) is 2.65. The van der Waals surface area contributed by atoms with Crippen LogP contribution in [0, 0.1) is 6.92 Å². The lowest BCUT2D eigenvalue weighted by molar-refractivity contribution is 0.112. The van der Waals surface area contributed by atoms with E-state index >= 15 is 0 Å². The fourth-order valence-electron chi connectivity index (χ4n) is 1.65. The summed E-state index contributed by atoms with van der Waals surface area (Å²) in [5, 5.41) is 0. The summed E-state index contributed by atoms with van der Waals surface area (Å²) >= 11 is 0. The van der Waals surface area contributed by atoms with Crippen molar-refractivity contribution in [1.29, 1.82) is 0 Å². The molecule has 0 bridgehead atoms. The van der Waals surface area contributed by atoms with Crippen molar-refractivity contribution in [2.24, 2.45) is 0 Å². The molecule has 16 heavy (non-hydrogen) atoms. The predicted octanol–water partition coefficient (Wildman–Crippen LogP) is 1.81. The number of anilines is 1. The smallest absolute Gasteiger partial charge is 0.150 e. The van der Waals surface area contributed by atoms with Gasteiger partial charge in [-0.2, -0.15) is 0 Å². The number of hydrogen-bond donors (Lipinski definition) is 0. The van der Waals surface area contributed by atoms with E-state index in [4.69, 9.17) is 0 Å². The summed E-state index contributed by atoms with van der Waals surface area (Å²) in [6.07, 6.45) is 0.886. The number of aryl methyl sites for hydroxylation is 1. The molecule has 0 aromatic heterocycles. The van der Waals surface area contributed by atoms with E-state index in [0.29, 0.717) is 0 Å². The lowest BCUT2D eigenvalue weighted by atomic mass is 10.1. The lowest BCUT2D eigenvalue weighted by Crippen LogP contribution is -2.28. The molecule has 1 aromatic rings. The maximum atomic E-state index is 10.6. The first-order chi connectivity index (χ1) is 7.54. The molecule has 0 aliphatic carbocycles. The van der Waals surface area contributed by atoms with Crippen LogP contribution < -0.4 is 4.90 Å². The van der Waals surface area contributed by atoms with Crippen molar-refractivity contribution in [3.63, 3.8) is 0 Å². The van der Waals surface area contributed by atoms with Gasteiger partial charge in [-0.15, -0.1) is 0 Å². The third-order valence-corrected chi connectivity index (χ3v) is 2.65. The molecular formula is C13H20N2O. The quantitative estimate of drug-likeness (QED) is 0.707. The van der Waals surface area contributed by atoms with Gasteiger partial charge in [0.05, 0.1) is 0 Å². The average Bonchev–Trinajstić information content (AvgIpc) is 2.25. The predicted molar refractivity (Wildman–Crippen MR) is 68.4 cm³/mol. The highest BCUT2D eigenvalue weighted by Gasteiger charge is 2.05. The van der Waals surface area contributed by atoms with Crippen molar-refractivity contribution in [3.8, 4) is 0 Å². The Morgan fingerprint density at radius 1 is 1.19 bits per heavy atom. The Morgan fingerprint density at radius 3 is 2.38 bits per heavy atom. The van der Waals surface area contributed by atoms with Crippen molar-refractivity contribution >= 4 is 12.0 Å². The number of benzene rings is 1. The number of likely N-dealkylation sites (N-methyl/N-ethyl adjacent to an activating group) is 2. The van der Waals surface area contributed by atoms with Crippen molar-refractivity contribution in [2.45, 2.75) is 6.92 Å². The number of hydrogen-bond acceptors (Lipinski definition) is 3. The zero-order chi connectivity index (χ0) is 12.1. The summed E-state index contributed by atoms with van der Waals surface area (Å²) in [7, 11) is 6.21. The highest BCUT2D eigenvalue weighted by atomic mass is 16.1. The first-order valence-electron chi connectivity index (χ1n) is 5.46. The molecule has 0 saturated heterocycles. The van der Waals surface area contributed by atoms with Gasteiger partial charge < -0.3 is 9.80 Å². The van der Waals surface area contributed by atoms with E-state index in [2.05, 4.69) is 30.9 Å². The van der Waals surface area contributed by atoms with Crippen LogP contribution >= 0.6 is 0 Å². The average molecular weight is 220 g/mol. The summed E-state index contributed by atoms with van der Waals surface area (Å²) in [5.41, 5.74) is 3.07. The minimum Gasteiger partial charge on any atom is -0.373 e. The van der Waals surface area contributed by atoms with Crippen LogP contribution in [0.3, 0.4) is 0 Å². The monoisotopic (exact) mass is 220 g/mol. The minimum absolute atomic E-state index is 0.738. The highest BCUT2D eigenvalue weighted by Crippen LogP contribution is 2.19. The fourth-order valence-corrected chi connectivity index (χ4v) is 1.65. The summed E-state index contributed by atoms with van der Waals surface area (Å²) in [6.45, 7) is 4.04. The number of nitrogens with zero attached hydrogens (tertiary/aromatic N) is 2. The molecule has 1 aromatic carbocycles. The lowest BCUT2D eigenvalue weighted by Gasteiger charge is -2.23. The summed E-state index contributed by atoms with van der Waals surface area (Å²) < 4.78 is 0. The summed E-state index contributed by atoms with van der Waals surface area (Å²) in [4.78, 5) is 15.0. The topological polar surface area (TPSA) is 23.6 Å². The first-order valence-corrected chi connectivity index (χ1v) is 5.46. The normalized spacial score (nSPS) is 10.6. The molecule has 0 aliphatic rings. The number of carbonyl (C=O) groups is 1. The fraction of sp³-hybridized carbons (Fsp3) is 0.462. The molecule has 0 amide bonds. The molecule has 0 N–H and O–H groups in total. The van der Waals surface area contributed by atoms with Gasteiger partial charge in [-0.05, 0) is 44.8 Å². The van der Waals surface area contributed by atoms with E-state index in [9.17, 15) is 4.79 Å². The van der Waals surface area contributed by atoms with E-state index in [0.717, 1.165) is 30.5 Å². The molecule has 88 valence electrons. The molecule has 0 fully saturated rings. The number of rotatable bonds is 5. The van der Waals surface area contributed by atoms with E-state index in [1.54, 1.807) is 0 Å². The number of aldehydes is 1. The van der Waals surface area contributed by atoms with Crippen LogP contribution in [0.1, 0.15) is 15.9 Å². The van der Waals surface area contributed by atoms with Gasteiger partial charge in [0.2, 0.25) is 0 Å². The zero-order valence-electron chi connectivity index (χ0n) is 10.5. The maximum Gasteiger partial charge on any atom is 0.150 e. The van der Waals surface area contributed by atoms with Gasteiger partial charge in [0, 0.05) is 31.4 Å². The van der Waals surface area contributed by atoms with Crippen LogP contribution in [-0.4, -0.2) is 45.4 Å². The number of carbonyl (C=O) groups excluding carboxylic acids is 1. The van der Waals surface area contributed by atoms with Crippen molar-refractivity contribution in [3.05, 3.63) is 29.3 Å². The van der Waals surface area contributed by atoms with Gasteiger partial charge in [-0.25, -0.2) is 0 Å². The molecule has 0 unspecified atom stereocenters. The molecule has 1 rings (SSSR count). The Kier molecular flexibility index (Phi) is 4.50. The Labute approximate surface area is 97.7 Å². The summed E-state index contributed by atoms with van der Waals surface area (Å²) in [5.74, 6) is 0. The van der Waals surface area contributed by atoms with Crippen LogP contribution in [0.15, 0.2) is 18.2 Å².